The molecule has 1 heterocycles. The third-order valence-corrected chi connectivity index (χ3v) is 2.81. The van der Waals surface area contributed by atoms with Crippen LogP contribution in [0.4, 0.5) is 0 Å². The van der Waals surface area contributed by atoms with Crippen molar-refractivity contribution in [1.82, 2.24) is 0 Å². The fourth-order valence-corrected chi connectivity index (χ4v) is 1.80. The Balaban J connectivity index is -0.0000000482. The Morgan fingerprint density at radius 3 is 1.94 bits per heavy atom. The van der Waals surface area contributed by atoms with Crippen molar-refractivity contribution >= 4 is 8.19 Å². The molecule has 3 rings (SSSR count). The van der Waals surface area contributed by atoms with Gasteiger partial charge in [0.1, 0.15) is 0 Å². The number of rotatable bonds is 0. The summed E-state index contributed by atoms with van der Waals surface area (Å²) in [6.07, 6.45) is 2.64. The molecule has 1 aromatic carbocycles. The van der Waals surface area contributed by atoms with E-state index in [4.69, 9.17) is 0 Å². The smallest absolute Gasteiger partial charge is 1.00 e. The van der Waals surface area contributed by atoms with Gasteiger partial charge in [-0.3, -0.25) is 8.19 Å². The summed E-state index contributed by atoms with van der Waals surface area (Å²) < 4.78 is 0. The van der Waals surface area contributed by atoms with Crippen LogP contribution in [-0.2, 0) is 34.6 Å². The average Bonchev–Trinajstić information content (AvgIpc) is 2.64. The fraction of sp³-hybridized carbons (Fsp3) is 0.143. The van der Waals surface area contributed by atoms with Crippen LogP contribution in [0, 0.1) is 28.1 Å². The number of hydrogen-bond donors (Lipinski definition) is 0. The molecule has 0 bridgehead atoms. The van der Waals surface area contributed by atoms with Gasteiger partial charge in [0.25, 0.3) is 0 Å². The second-order valence-electron chi connectivity index (χ2n) is 2.89. The standard InChI is InChI=1S/C7H7.C4H4P.3CH3.2ClH.Ti/c1-2-6-4-5-7(6)3-1;1-2-4-5-3-1;;;;;;/h1-3H,4-5H2;1-3,5H;3*1H3;2*1H;/q5*-1;;;+2/p-2. The largest absolute Gasteiger partial charge is 2.00 e. The summed E-state index contributed by atoms with van der Waals surface area (Å²) in [5, 5.41) is 0. The zero-order valence-corrected chi connectivity index (χ0v) is 15.2. The second-order valence-corrected chi connectivity index (χ2v) is 3.80. The van der Waals surface area contributed by atoms with E-state index in [9.17, 15) is 0 Å². The van der Waals surface area contributed by atoms with Crippen molar-refractivity contribution in [2.45, 2.75) is 12.8 Å². The Labute approximate surface area is 142 Å². The topological polar surface area (TPSA) is 0 Å². The van der Waals surface area contributed by atoms with Crippen molar-refractivity contribution in [1.29, 1.82) is 0 Å². The summed E-state index contributed by atoms with van der Waals surface area (Å²) in [5.41, 5.74) is 3.14. The maximum absolute atomic E-state index is 3.01. The molecular formula is C14H20Cl2PTi-5. The van der Waals surface area contributed by atoms with Gasteiger partial charge in [0.05, 0.1) is 0 Å². The Morgan fingerprint density at radius 2 is 1.78 bits per heavy atom. The van der Waals surface area contributed by atoms with Crippen LogP contribution in [0.25, 0.3) is 0 Å². The van der Waals surface area contributed by atoms with Gasteiger partial charge in [-0.2, -0.15) is 34.9 Å². The van der Waals surface area contributed by atoms with Crippen LogP contribution in [0.2, 0.25) is 0 Å². The molecule has 0 saturated carbocycles. The molecule has 0 aliphatic heterocycles. The molecule has 1 aliphatic rings. The van der Waals surface area contributed by atoms with Crippen LogP contribution in [0.1, 0.15) is 11.1 Å². The van der Waals surface area contributed by atoms with Crippen molar-refractivity contribution in [3.63, 3.8) is 0 Å². The van der Waals surface area contributed by atoms with Crippen molar-refractivity contribution in [2.24, 2.45) is 0 Å². The number of halogens is 2. The zero-order chi connectivity index (χ0) is 8.23. The molecule has 2 aromatic rings. The van der Waals surface area contributed by atoms with E-state index < -0.39 is 0 Å². The minimum atomic E-state index is 0. The summed E-state index contributed by atoms with van der Waals surface area (Å²) >= 11 is 0. The molecule has 0 fully saturated rings. The maximum atomic E-state index is 3.01. The number of aryl methyl sites for hydroxylation is 2. The monoisotopic (exact) mass is 337 g/mol. The molecule has 0 saturated heterocycles. The molecule has 1 aromatic heterocycles. The molecule has 0 radical (unpaired) electrons. The third-order valence-electron chi connectivity index (χ3n) is 2.11. The van der Waals surface area contributed by atoms with Crippen LogP contribution < -0.4 is 24.8 Å². The van der Waals surface area contributed by atoms with Gasteiger partial charge in [0.15, 0.2) is 0 Å². The normalized spacial score (nSPS) is 8.67. The first kappa shape index (κ1) is 31.0. The summed E-state index contributed by atoms with van der Waals surface area (Å²) in [4.78, 5) is 0. The van der Waals surface area contributed by atoms with Gasteiger partial charge >= 0.3 is 21.7 Å². The molecule has 1 unspecified atom stereocenters. The van der Waals surface area contributed by atoms with Gasteiger partial charge in [0, 0.05) is 0 Å². The van der Waals surface area contributed by atoms with Gasteiger partial charge in [-0.15, -0.1) is 0 Å². The van der Waals surface area contributed by atoms with E-state index in [1.54, 1.807) is 11.1 Å². The van der Waals surface area contributed by atoms with Gasteiger partial charge in [0.2, 0.25) is 0 Å². The Morgan fingerprint density at radius 1 is 1.11 bits per heavy atom. The third kappa shape index (κ3) is 9.37. The molecule has 104 valence electrons. The molecule has 18 heavy (non-hydrogen) atoms. The first-order chi connectivity index (χ1) is 5.97. The van der Waals surface area contributed by atoms with Gasteiger partial charge in [-0.05, 0) is 0 Å². The van der Waals surface area contributed by atoms with E-state index in [1.807, 2.05) is 12.1 Å². The van der Waals surface area contributed by atoms with E-state index >= 15 is 0 Å². The van der Waals surface area contributed by atoms with E-state index in [0.29, 0.717) is 0 Å². The molecular weight excluding hydrogens is 318 g/mol. The molecule has 0 N–H and O–H groups in total. The van der Waals surface area contributed by atoms with E-state index in [2.05, 4.69) is 29.8 Å². The Hall–Kier alpha value is 0.424. The van der Waals surface area contributed by atoms with E-state index in [1.165, 1.54) is 12.8 Å². The Bertz CT molecular complexity index is 295. The van der Waals surface area contributed by atoms with Gasteiger partial charge in [-0.25, -0.2) is 18.2 Å². The molecule has 1 aliphatic carbocycles. The van der Waals surface area contributed by atoms with Crippen molar-refractivity contribution in [2.75, 3.05) is 0 Å². The maximum Gasteiger partial charge on any atom is 2.00 e. The van der Waals surface area contributed by atoms with Crippen molar-refractivity contribution < 1.29 is 46.5 Å². The van der Waals surface area contributed by atoms with Crippen LogP contribution in [-0.4, -0.2) is 0 Å². The SMILES string of the molecule is [CH3-].[CH3-].[CH3-].[Cl-].[Cl-].[Ti+2].[c-]1ccc[pH]1.c1cc2[c-](c1)CC2. The first-order valence-corrected chi connectivity index (χ1v) is 5.27. The molecule has 4 heteroatoms. The number of hydrogen-bond acceptors (Lipinski definition) is 0. The second kappa shape index (κ2) is 17.4. The minimum absolute atomic E-state index is 0. The van der Waals surface area contributed by atoms with E-state index in [-0.39, 0.29) is 68.8 Å². The molecule has 1 atom stereocenters. The first-order valence-electron chi connectivity index (χ1n) is 4.20. The predicted molar refractivity (Wildman–Crippen MR) is 73.5 cm³/mol. The average molecular weight is 338 g/mol. The minimum Gasteiger partial charge on any atom is -1.00 e. The summed E-state index contributed by atoms with van der Waals surface area (Å²) in [6.45, 7) is 0. The van der Waals surface area contributed by atoms with Crippen molar-refractivity contribution in [3.05, 3.63) is 75.3 Å². The number of fused-ring (bicyclic) bond motifs is 1. The van der Waals surface area contributed by atoms with Crippen LogP contribution >= 0.6 is 8.19 Å². The fourth-order valence-electron chi connectivity index (χ4n) is 1.32. The van der Waals surface area contributed by atoms with Crippen molar-refractivity contribution in [3.8, 4) is 0 Å². The van der Waals surface area contributed by atoms with Gasteiger partial charge in [-0.1, -0.05) is 12.8 Å². The molecule has 0 nitrogen and oxygen atoms in total. The molecule has 0 spiro atoms. The zero-order valence-electron chi connectivity index (χ0n) is 11.1. The van der Waals surface area contributed by atoms with Gasteiger partial charge < -0.3 is 47.1 Å². The quantitative estimate of drug-likeness (QED) is 0.400. The summed E-state index contributed by atoms with van der Waals surface area (Å²) in [6, 6.07) is 10.5. The summed E-state index contributed by atoms with van der Waals surface area (Å²) in [7, 11) is 0.823. The predicted octanol–water partition coefficient (Wildman–Crippen LogP) is -1.62. The van der Waals surface area contributed by atoms with Crippen LogP contribution in [0.15, 0.2) is 36.1 Å². The molecule has 0 amide bonds. The summed E-state index contributed by atoms with van der Waals surface area (Å²) in [5.74, 6) is 5.11. The van der Waals surface area contributed by atoms with Crippen LogP contribution in [0.5, 0.6) is 0 Å². The Kier molecular flexibility index (Phi) is 30.0. The van der Waals surface area contributed by atoms with E-state index in [0.717, 1.165) is 8.19 Å². The van der Waals surface area contributed by atoms with Crippen LogP contribution in [0.3, 0.4) is 0 Å².